The van der Waals surface area contributed by atoms with Gasteiger partial charge in [-0.05, 0) is 55.4 Å². The second kappa shape index (κ2) is 5.85. The van der Waals surface area contributed by atoms with Crippen molar-refractivity contribution in [2.24, 2.45) is 11.8 Å². The fourth-order valence-electron chi connectivity index (χ4n) is 2.31. The first kappa shape index (κ1) is 12.9. The minimum absolute atomic E-state index is 0.598. The molecule has 0 aromatic heterocycles. The summed E-state index contributed by atoms with van der Waals surface area (Å²) < 4.78 is 5.85. The third-order valence-electron chi connectivity index (χ3n) is 3.75. The highest BCUT2D eigenvalue weighted by Gasteiger charge is 2.18. The number of aldehydes is 1. The van der Waals surface area contributed by atoms with E-state index in [0.29, 0.717) is 11.8 Å². The van der Waals surface area contributed by atoms with E-state index in [1.807, 2.05) is 25.1 Å². The molecule has 2 atom stereocenters. The van der Waals surface area contributed by atoms with Crippen molar-refractivity contribution in [3.05, 3.63) is 41.5 Å². The van der Waals surface area contributed by atoms with Crippen molar-refractivity contribution < 1.29 is 9.53 Å². The lowest BCUT2D eigenvalue weighted by molar-refractivity contribution is 0.112. The van der Waals surface area contributed by atoms with Gasteiger partial charge < -0.3 is 4.74 Å². The lowest BCUT2D eigenvalue weighted by atomic mass is 9.85. The van der Waals surface area contributed by atoms with Gasteiger partial charge in [0.15, 0.2) is 0 Å². The second-order valence-electron chi connectivity index (χ2n) is 5.13. The average molecular weight is 244 g/mol. The summed E-state index contributed by atoms with van der Waals surface area (Å²) in [5.74, 6) is 2.14. The quantitative estimate of drug-likeness (QED) is 0.595. The summed E-state index contributed by atoms with van der Waals surface area (Å²) in [4.78, 5) is 10.7. The Kier molecular flexibility index (Phi) is 4.19. The van der Waals surface area contributed by atoms with E-state index >= 15 is 0 Å². The third kappa shape index (κ3) is 3.00. The largest absolute Gasteiger partial charge is 0.493 e. The molecule has 1 aliphatic carbocycles. The van der Waals surface area contributed by atoms with Crippen LogP contribution in [0.2, 0.25) is 0 Å². The maximum atomic E-state index is 10.7. The first-order valence-corrected chi connectivity index (χ1v) is 6.54. The van der Waals surface area contributed by atoms with Gasteiger partial charge in [-0.1, -0.05) is 19.1 Å². The van der Waals surface area contributed by atoms with Crippen LogP contribution in [-0.4, -0.2) is 12.9 Å². The Labute approximate surface area is 109 Å². The van der Waals surface area contributed by atoms with Crippen LogP contribution >= 0.6 is 0 Å². The third-order valence-corrected chi connectivity index (χ3v) is 3.75. The summed E-state index contributed by atoms with van der Waals surface area (Å²) in [5, 5.41) is 0. The van der Waals surface area contributed by atoms with Crippen LogP contribution in [0.5, 0.6) is 5.75 Å². The highest BCUT2D eigenvalue weighted by atomic mass is 16.5. The van der Waals surface area contributed by atoms with Crippen molar-refractivity contribution in [3.8, 4) is 5.75 Å². The van der Waals surface area contributed by atoms with E-state index in [4.69, 9.17) is 4.74 Å². The molecule has 0 spiro atoms. The molecule has 0 N–H and O–H groups in total. The summed E-state index contributed by atoms with van der Waals surface area (Å²) in [5.41, 5.74) is 1.70. The molecular weight excluding hydrogens is 224 g/mol. The highest BCUT2D eigenvalue weighted by Crippen LogP contribution is 2.26. The maximum absolute atomic E-state index is 10.7. The Balaban J connectivity index is 1.95. The molecule has 0 bridgehead atoms. The molecule has 1 aliphatic rings. The number of hydrogen-bond donors (Lipinski definition) is 0. The van der Waals surface area contributed by atoms with Gasteiger partial charge in [-0.3, -0.25) is 4.79 Å². The molecule has 1 aromatic rings. The normalized spacial score (nSPS) is 22.8. The molecule has 0 fully saturated rings. The van der Waals surface area contributed by atoms with Gasteiger partial charge in [-0.25, -0.2) is 0 Å². The smallest absolute Gasteiger partial charge is 0.150 e. The lowest BCUT2D eigenvalue weighted by Gasteiger charge is -2.25. The van der Waals surface area contributed by atoms with Gasteiger partial charge in [0.25, 0.3) is 0 Å². The first-order chi connectivity index (χ1) is 8.70. The minimum atomic E-state index is 0.598. The highest BCUT2D eigenvalue weighted by molar-refractivity contribution is 5.77. The summed E-state index contributed by atoms with van der Waals surface area (Å²) in [7, 11) is 0. The minimum Gasteiger partial charge on any atom is -0.493 e. The zero-order chi connectivity index (χ0) is 13.0. The van der Waals surface area contributed by atoms with E-state index in [1.165, 1.54) is 0 Å². The molecule has 2 nitrogen and oxygen atoms in total. The van der Waals surface area contributed by atoms with E-state index in [0.717, 1.165) is 42.6 Å². The number of carbonyl (C=O) groups is 1. The van der Waals surface area contributed by atoms with E-state index in [-0.39, 0.29) is 0 Å². The van der Waals surface area contributed by atoms with Gasteiger partial charge in [-0.15, -0.1) is 0 Å². The SMILES string of the molecule is Cc1cc(OCC2CC=CCC2C)ccc1C=O. The molecule has 2 rings (SSSR count). The molecule has 2 heteroatoms. The van der Waals surface area contributed by atoms with Crippen molar-refractivity contribution in [3.63, 3.8) is 0 Å². The monoisotopic (exact) mass is 244 g/mol. The van der Waals surface area contributed by atoms with Crippen LogP contribution in [0.25, 0.3) is 0 Å². The summed E-state index contributed by atoms with van der Waals surface area (Å²) in [6, 6.07) is 5.63. The van der Waals surface area contributed by atoms with Crippen LogP contribution in [0.15, 0.2) is 30.4 Å². The zero-order valence-corrected chi connectivity index (χ0v) is 11.1. The van der Waals surface area contributed by atoms with Gasteiger partial charge >= 0.3 is 0 Å². The Morgan fingerprint density at radius 1 is 1.33 bits per heavy atom. The first-order valence-electron chi connectivity index (χ1n) is 6.54. The number of rotatable bonds is 4. The molecule has 18 heavy (non-hydrogen) atoms. The summed E-state index contributed by atoms with van der Waals surface area (Å²) >= 11 is 0. The van der Waals surface area contributed by atoms with Crippen molar-refractivity contribution >= 4 is 6.29 Å². The molecule has 2 unspecified atom stereocenters. The topological polar surface area (TPSA) is 26.3 Å². The number of ether oxygens (including phenoxy) is 1. The average Bonchev–Trinajstić information content (AvgIpc) is 2.38. The predicted octanol–water partition coefficient (Wildman–Crippen LogP) is 3.79. The van der Waals surface area contributed by atoms with E-state index in [1.54, 1.807) is 0 Å². The Morgan fingerprint density at radius 2 is 2.11 bits per heavy atom. The second-order valence-corrected chi connectivity index (χ2v) is 5.13. The van der Waals surface area contributed by atoms with Crippen LogP contribution in [0, 0.1) is 18.8 Å². The number of aryl methyl sites for hydroxylation is 1. The molecule has 0 aliphatic heterocycles. The van der Waals surface area contributed by atoms with Gasteiger partial charge in [0.1, 0.15) is 12.0 Å². The predicted molar refractivity (Wildman–Crippen MR) is 73.1 cm³/mol. The van der Waals surface area contributed by atoms with Crippen molar-refractivity contribution in [1.82, 2.24) is 0 Å². The van der Waals surface area contributed by atoms with Crippen molar-refractivity contribution in [2.75, 3.05) is 6.61 Å². The van der Waals surface area contributed by atoms with Gasteiger partial charge in [-0.2, -0.15) is 0 Å². The fourth-order valence-corrected chi connectivity index (χ4v) is 2.31. The van der Waals surface area contributed by atoms with Crippen LogP contribution in [0.3, 0.4) is 0 Å². The zero-order valence-electron chi connectivity index (χ0n) is 11.1. The van der Waals surface area contributed by atoms with Gasteiger partial charge in [0.2, 0.25) is 0 Å². The molecule has 0 heterocycles. The molecule has 0 saturated carbocycles. The van der Waals surface area contributed by atoms with Crippen LogP contribution in [0.1, 0.15) is 35.7 Å². The van der Waals surface area contributed by atoms with Crippen LogP contribution < -0.4 is 4.74 Å². The van der Waals surface area contributed by atoms with E-state index < -0.39 is 0 Å². The van der Waals surface area contributed by atoms with Gasteiger partial charge in [0, 0.05) is 5.56 Å². The lowest BCUT2D eigenvalue weighted by Crippen LogP contribution is -2.21. The van der Waals surface area contributed by atoms with E-state index in [2.05, 4.69) is 19.1 Å². The van der Waals surface area contributed by atoms with Gasteiger partial charge in [0.05, 0.1) is 6.61 Å². The molecule has 96 valence electrons. The maximum Gasteiger partial charge on any atom is 0.150 e. The number of allylic oxidation sites excluding steroid dienone is 2. The van der Waals surface area contributed by atoms with Crippen molar-refractivity contribution in [1.29, 1.82) is 0 Å². The Bertz CT molecular complexity index is 448. The molecule has 0 saturated heterocycles. The van der Waals surface area contributed by atoms with E-state index in [9.17, 15) is 4.79 Å². The molecule has 1 aromatic carbocycles. The van der Waals surface area contributed by atoms with Crippen LogP contribution in [0.4, 0.5) is 0 Å². The standard InChI is InChI=1S/C16H20O2/c1-12-5-3-4-6-15(12)11-18-16-8-7-14(10-17)13(2)9-16/h3-4,7-10,12,15H,5-6,11H2,1-2H3. The van der Waals surface area contributed by atoms with Crippen molar-refractivity contribution in [2.45, 2.75) is 26.7 Å². The fraction of sp³-hybridized carbons (Fsp3) is 0.438. The Morgan fingerprint density at radius 3 is 2.78 bits per heavy atom. The summed E-state index contributed by atoms with van der Waals surface area (Å²) in [6.07, 6.45) is 7.63. The molecular formula is C16H20O2. The molecule has 0 amide bonds. The van der Waals surface area contributed by atoms with Crippen LogP contribution in [-0.2, 0) is 0 Å². The molecule has 0 radical (unpaired) electrons. The summed E-state index contributed by atoms with van der Waals surface area (Å²) in [6.45, 7) is 4.96. The number of carbonyl (C=O) groups excluding carboxylic acids is 1. The number of hydrogen-bond acceptors (Lipinski definition) is 2. The number of benzene rings is 1. The Hall–Kier alpha value is -1.57.